The molecule has 0 aromatic heterocycles. The number of hydrogen-bond acceptors (Lipinski definition) is 2. The summed E-state index contributed by atoms with van der Waals surface area (Å²) >= 11 is 0. The summed E-state index contributed by atoms with van der Waals surface area (Å²) in [5, 5.41) is 18.7. The van der Waals surface area contributed by atoms with Gasteiger partial charge in [-0.1, -0.05) is 44.9 Å². The topological polar surface area (TPSA) is 40.5 Å². The van der Waals surface area contributed by atoms with Crippen LogP contribution >= 0.6 is 0 Å². The van der Waals surface area contributed by atoms with Gasteiger partial charge in [-0.15, -0.1) is 0 Å². The molecule has 2 heteroatoms. The molecule has 1 saturated carbocycles. The lowest BCUT2D eigenvalue weighted by Gasteiger charge is -2.30. The van der Waals surface area contributed by atoms with Gasteiger partial charge in [0.15, 0.2) is 0 Å². The molecule has 0 aliphatic heterocycles. The van der Waals surface area contributed by atoms with Crippen molar-refractivity contribution in [2.75, 3.05) is 13.2 Å². The van der Waals surface area contributed by atoms with Gasteiger partial charge in [0.1, 0.15) is 0 Å². The van der Waals surface area contributed by atoms with Crippen LogP contribution in [0.25, 0.3) is 0 Å². The van der Waals surface area contributed by atoms with Gasteiger partial charge in [-0.2, -0.15) is 0 Å². The van der Waals surface area contributed by atoms with Crippen molar-refractivity contribution in [3.05, 3.63) is 0 Å². The number of aliphatic hydroxyl groups is 2. The van der Waals surface area contributed by atoms with Crippen LogP contribution in [-0.4, -0.2) is 23.4 Å². The van der Waals surface area contributed by atoms with Crippen molar-refractivity contribution < 1.29 is 10.2 Å². The molecule has 14 heavy (non-hydrogen) atoms. The second kappa shape index (κ2) is 6.41. The SMILES string of the molecule is OCC1(CO)CCCCCCCCC1. The molecule has 84 valence electrons. The van der Waals surface area contributed by atoms with E-state index >= 15 is 0 Å². The minimum Gasteiger partial charge on any atom is -0.396 e. The van der Waals surface area contributed by atoms with E-state index in [-0.39, 0.29) is 18.6 Å². The zero-order valence-corrected chi connectivity index (χ0v) is 9.17. The van der Waals surface area contributed by atoms with E-state index in [9.17, 15) is 10.2 Å². The van der Waals surface area contributed by atoms with E-state index in [1.54, 1.807) is 0 Å². The molecule has 0 saturated heterocycles. The first kappa shape index (κ1) is 12.0. The van der Waals surface area contributed by atoms with E-state index in [1.165, 1.54) is 44.9 Å². The first-order valence-electron chi connectivity index (χ1n) is 6.05. The average molecular weight is 200 g/mol. The van der Waals surface area contributed by atoms with Crippen LogP contribution < -0.4 is 0 Å². The van der Waals surface area contributed by atoms with E-state index in [2.05, 4.69) is 0 Å². The normalized spacial score (nSPS) is 24.4. The van der Waals surface area contributed by atoms with Crippen LogP contribution in [0.2, 0.25) is 0 Å². The molecule has 0 aromatic carbocycles. The maximum atomic E-state index is 9.36. The number of hydrogen-bond donors (Lipinski definition) is 2. The van der Waals surface area contributed by atoms with Gasteiger partial charge in [-0.3, -0.25) is 0 Å². The third-order valence-corrected chi connectivity index (χ3v) is 3.59. The van der Waals surface area contributed by atoms with Crippen molar-refractivity contribution in [2.24, 2.45) is 5.41 Å². The van der Waals surface area contributed by atoms with Gasteiger partial charge in [0.05, 0.1) is 13.2 Å². The van der Waals surface area contributed by atoms with Crippen molar-refractivity contribution in [1.29, 1.82) is 0 Å². The van der Waals surface area contributed by atoms with Gasteiger partial charge in [0, 0.05) is 5.41 Å². The van der Waals surface area contributed by atoms with Crippen LogP contribution in [-0.2, 0) is 0 Å². The summed E-state index contributed by atoms with van der Waals surface area (Å²) in [6, 6.07) is 0. The Labute approximate surface area is 87.3 Å². The quantitative estimate of drug-likeness (QED) is 0.719. The summed E-state index contributed by atoms with van der Waals surface area (Å²) in [5.74, 6) is 0. The molecule has 2 nitrogen and oxygen atoms in total. The summed E-state index contributed by atoms with van der Waals surface area (Å²) in [6.45, 7) is 0.312. The molecule has 0 unspecified atom stereocenters. The summed E-state index contributed by atoms with van der Waals surface area (Å²) < 4.78 is 0. The zero-order chi connectivity index (χ0) is 10.3. The van der Waals surface area contributed by atoms with E-state index in [0.29, 0.717) is 0 Å². The Kier molecular flexibility index (Phi) is 5.49. The van der Waals surface area contributed by atoms with E-state index < -0.39 is 0 Å². The predicted octanol–water partition coefficient (Wildman–Crippen LogP) is 2.48. The van der Waals surface area contributed by atoms with Crippen LogP contribution in [0, 0.1) is 5.41 Å². The summed E-state index contributed by atoms with van der Waals surface area (Å²) in [6.07, 6.45) is 10.9. The Morgan fingerprint density at radius 3 is 1.36 bits per heavy atom. The maximum absolute atomic E-state index is 9.36. The molecule has 0 amide bonds. The molecule has 1 aliphatic rings. The highest BCUT2D eigenvalue weighted by Gasteiger charge is 2.27. The fourth-order valence-corrected chi connectivity index (χ4v) is 2.38. The summed E-state index contributed by atoms with van der Waals surface area (Å²) in [5.41, 5.74) is -0.169. The number of rotatable bonds is 2. The molecule has 0 radical (unpaired) electrons. The fraction of sp³-hybridized carbons (Fsp3) is 1.00. The predicted molar refractivity (Wildman–Crippen MR) is 58.2 cm³/mol. The monoisotopic (exact) mass is 200 g/mol. The molecule has 0 aromatic rings. The highest BCUT2D eigenvalue weighted by atomic mass is 16.3. The van der Waals surface area contributed by atoms with Crippen molar-refractivity contribution in [3.8, 4) is 0 Å². The van der Waals surface area contributed by atoms with Gasteiger partial charge in [0.25, 0.3) is 0 Å². The third kappa shape index (κ3) is 3.58. The Balaban J connectivity index is 2.44. The van der Waals surface area contributed by atoms with Crippen LogP contribution in [0.15, 0.2) is 0 Å². The zero-order valence-electron chi connectivity index (χ0n) is 9.17. The highest BCUT2D eigenvalue weighted by molar-refractivity contribution is 4.78. The van der Waals surface area contributed by atoms with E-state index in [4.69, 9.17) is 0 Å². The molecule has 0 bridgehead atoms. The first-order valence-corrected chi connectivity index (χ1v) is 6.05. The Morgan fingerprint density at radius 2 is 1.00 bits per heavy atom. The van der Waals surface area contributed by atoms with Crippen LogP contribution in [0.3, 0.4) is 0 Å². The molecule has 2 N–H and O–H groups in total. The van der Waals surface area contributed by atoms with Gasteiger partial charge in [0.2, 0.25) is 0 Å². The molecular weight excluding hydrogens is 176 g/mol. The average Bonchev–Trinajstić information content (AvgIpc) is 2.26. The van der Waals surface area contributed by atoms with Gasteiger partial charge in [-0.25, -0.2) is 0 Å². The number of aliphatic hydroxyl groups excluding tert-OH is 2. The van der Waals surface area contributed by atoms with Crippen molar-refractivity contribution in [3.63, 3.8) is 0 Å². The Bertz CT molecular complexity index is 129. The van der Waals surface area contributed by atoms with Gasteiger partial charge >= 0.3 is 0 Å². The molecule has 0 atom stereocenters. The van der Waals surface area contributed by atoms with Crippen molar-refractivity contribution in [2.45, 2.75) is 57.8 Å². The molecule has 1 rings (SSSR count). The lowest BCUT2D eigenvalue weighted by atomic mass is 9.78. The van der Waals surface area contributed by atoms with Crippen LogP contribution in [0.5, 0.6) is 0 Å². The minimum absolute atomic E-state index is 0.156. The van der Waals surface area contributed by atoms with Crippen molar-refractivity contribution >= 4 is 0 Å². The van der Waals surface area contributed by atoms with E-state index in [1.807, 2.05) is 0 Å². The first-order chi connectivity index (χ1) is 6.83. The fourth-order valence-electron chi connectivity index (χ4n) is 2.38. The molecule has 0 heterocycles. The Hall–Kier alpha value is -0.0800. The minimum atomic E-state index is -0.169. The lowest BCUT2D eigenvalue weighted by Crippen LogP contribution is -2.30. The second-order valence-electron chi connectivity index (χ2n) is 4.79. The Morgan fingerprint density at radius 1 is 0.643 bits per heavy atom. The smallest absolute Gasteiger partial charge is 0.0509 e. The van der Waals surface area contributed by atoms with Crippen molar-refractivity contribution in [1.82, 2.24) is 0 Å². The maximum Gasteiger partial charge on any atom is 0.0509 e. The third-order valence-electron chi connectivity index (χ3n) is 3.59. The van der Waals surface area contributed by atoms with Gasteiger partial charge in [-0.05, 0) is 12.8 Å². The summed E-state index contributed by atoms with van der Waals surface area (Å²) in [4.78, 5) is 0. The molecule has 1 fully saturated rings. The largest absolute Gasteiger partial charge is 0.396 e. The summed E-state index contributed by atoms with van der Waals surface area (Å²) in [7, 11) is 0. The van der Waals surface area contributed by atoms with E-state index in [0.717, 1.165) is 12.8 Å². The second-order valence-corrected chi connectivity index (χ2v) is 4.79. The molecule has 0 spiro atoms. The highest BCUT2D eigenvalue weighted by Crippen LogP contribution is 2.32. The standard InChI is InChI=1S/C12H24O2/c13-10-12(11-14)8-6-4-2-1-3-5-7-9-12/h13-14H,1-11H2. The lowest BCUT2D eigenvalue weighted by molar-refractivity contribution is 0.0345. The molecular formula is C12H24O2. The molecule has 1 aliphatic carbocycles. The van der Waals surface area contributed by atoms with Crippen LogP contribution in [0.1, 0.15) is 57.8 Å². The van der Waals surface area contributed by atoms with Gasteiger partial charge < -0.3 is 10.2 Å². The van der Waals surface area contributed by atoms with Crippen LogP contribution in [0.4, 0.5) is 0 Å².